The first-order valence-electron chi connectivity index (χ1n) is 8.40. The predicted molar refractivity (Wildman–Crippen MR) is 107 cm³/mol. The minimum atomic E-state index is -1.08. The summed E-state index contributed by atoms with van der Waals surface area (Å²) in [6.07, 6.45) is 1.55. The molecule has 3 N–H and O–H groups in total. The number of pyridine rings is 1. The van der Waals surface area contributed by atoms with Crippen LogP contribution in [0.15, 0.2) is 71.7 Å². The fourth-order valence-corrected chi connectivity index (χ4v) is 3.21. The first-order valence-corrected chi connectivity index (χ1v) is 8.78. The molecule has 0 fully saturated rings. The third-order valence-corrected chi connectivity index (χ3v) is 4.45. The first kappa shape index (κ1) is 17.8. The molecule has 28 heavy (non-hydrogen) atoms. The van der Waals surface area contributed by atoms with Gasteiger partial charge in [0.2, 0.25) is 5.56 Å². The van der Waals surface area contributed by atoms with Gasteiger partial charge in [-0.3, -0.25) is 4.79 Å². The average Bonchev–Trinajstić information content (AvgIpc) is 3.14. The molecule has 7 heteroatoms. The summed E-state index contributed by atoms with van der Waals surface area (Å²) in [6.45, 7) is 0. The maximum absolute atomic E-state index is 11.8. The third-order valence-electron chi connectivity index (χ3n) is 4.23. The number of hydrogen-bond donors (Lipinski definition) is 3. The maximum Gasteiger partial charge on any atom is 0.335 e. The van der Waals surface area contributed by atoms with Gasteiger partial charge in [-0.1, -0.05) is 41.9 Å². The van der Waals surface area contributed by atoms with E-state index in [1.54, 1.807) is 18.3 Å². The zero-order chi connectivity index (χ0) is 19.7. The van der Waals surface area contributed by atoms with Gasteiger partial charge in [0, 0.05) is 34.0 Å². The number of carboxylic acid groups (broad SMARTS) is 1. The monoisotopic (exact) mass is 391 g/mol. The van der Waals surface area contributed by atoms with Crippen LogP contribution in [-0.4, -0.2) is 26.0 Å². The Kier molecular flexibility index (Phi) is 4.55. The van der Waals surface area contributed by atoms with E-state index in [1.807, 2.05) is 30.3 Å². The van der Waals surface area contributed by atoms with Crippen LogP contribution in [0.1, 0.15) is 10.4 Å². The topological polar surface area (TPSA) is 98.8 Å². The number of H-pyrrole nitrogens is 2. The van der Waals surface area contributed by atoms with E-state index < -0.39 is 5.97 Å². The van der Waals surface area contributed by atoms with E-state index in [9.17, 15) is 14.7 Å². The number of aromatic nitrogens is 3. The summed E-state index contributed by atoms with van der Waals surface area (Å²) in [5.41, 5.74) is 2.95. The molecule has 2 aromatic heterocycles. The number of halogens is 1. The molecule has 2 aromatic carbocycles. The molecule has 0 bridgehead atoms. The molecule has 0 aliphatic rings. The highest BCUT2D eigenvalue weighted by molar-refractivity contribution is 6.31. The van der Waals surface area contributed by atoms with Gasteiger partial charge in [-0.25, -0.2) is 9.78 Å². The molecule has 0 aliphatic carbocycles. The SMILES string of the molecule is O=C(O)c1cc(Cl)cc(-c2nc(-c3ccccc3)[nH]c2-c2cc[nH]c(=O)c2)c1. The van der Waals surface area contributed by atoms with E-state index in [-0.39, 0.29) is 16.1 Å². The van der Waals surface area contributed by atoms with E-state index in [4.69, 9.17) is 11.6 Å². The lowest BCUT2D eigenvalue weighted by molar-refractivity contribution is 0.0697. The summed E-state index contributed by atoms with van der Waals surface area (Å²) in [6, 6.07) is 17.2. The molecule has 0 atom stereocenters. The number of imidazole rings is 1. The Balaban J connectivity index is 1.97. The summed E-state index contributed by atoms with van der Waals surface area (Å²) in [4.78, 5) is 33.7. The van der Waals surface area contributed by atoms with Crippen LogP contribution in [0.25, 0.3) is 33.9 Å². The van der Waals surface area contributed by atoms with E-state index in [0.29, 0.717) is 28.3 Å². The first-order chi connectivity index (χ1) is 13.5. The molecule has 6 nitrogen and oxygen atoms in total. The van der Waals surface area contributed by atoms with Crippen molar-refractivity contribution in [1.82, 2.24) is 15.0 Å². The summed E-state index contributed by atoms with van der Waals surface area (Å²) < 4.78 is 0. The molecule has 4 aromatic rings. The Morgan fingerprint density at radius 3 is 2.46 bits per heavy atom. The van der Waals surface area contributed by atoms with Gasteiger partial charge in [-0.15, -0.1) is 0 Å². The van der Waals surface area contributed by atoms with E-state index in [0.717, 1.165) is 5.56 Å². The van der Waals surface area contributed by atoms with E-state index in [1.165, 1.54) is 18.2 Å². The molecule has 0 radical (unpaired) electrons. The van der Waals surface area contributed by atoms with Crippen LogP contribution in [-0.2, 0) is 0 Å². The maximum atomic E-state index is 11.8. The zero-order valence-corrected chi connectivity index (χ0v) is 15.2. The zero-order valence-electron chi connectivity index (χ0n) is 14.4. The smallest absolute Gasteiger partial charge is 0.335 e. The van der Waals surface area contributed by atoms with Crippen molar-refractivity contribution in [1.29, 1.82) is 0 Å². The molecule has 0 spiro atoms. The number of nitrogens with one attached hydrogen (secondary N) is 2. The van der Waals surface area contributed by atoms with Crippen molar-refractivity contribution in [3.63, 3.8) is 0 Å². The normalized spacial score (nSPS) is 10.8. The Hall–Kier alpha value is -3.64. The fraction of sp³-hybridized carbons (Fsp3) is 0. The van der Waals surface area contributed by atoms with Gasteiger partial charge >= 0.3 is 5.97 Å². The highest BCUT2D eigenvalue weighted by Gasteiger charge is 2.17. The van der Waals surface area contributed by atoms with Gasteiger partial charge in [0.05, 0.1) is 17.0 Å². The number of aromatic amines is 2. The largest absolute Gasteiger partial charge is 0.478 e. The Labute approximate surface area is 164 Å². The second-order valence-electron chi connectivity index (χ2n) is 6.15. The second kappa shape index (κ2) is 7.17. The quantitative estimate of drug-likeness (QED) is 0.478. The van der Waals surface area contributed by atoms with Crippen molar-refractivity contribution in [2.24, 2.45) is 0 Å². The van der Waals surface area contributed by atoms with Crippen molar-refractivity contribution >= 4 is 17.6 Å². The number of benzene rings is 2. The molecule has 138 valence electrons. The third kappa shape index (κ3) is 3.45. The summed E-state index contributed by atoms with van der Waals surface area (Å²) >= 11 is 6.14. The van der Waals surface area contributed by atoms with Crippen LogP contribution in [0.5, 0.6) is 0 Å². The van der Waals surface area contributed by atoms with Crippen molar-refractivity contribution in [2.75, 3.05) is 0 Å². The number of rotatable bonds is 4. The molecular weight excluding hydrogens is 378 g/mol. The minimum Gasteiger partial charge on any atom is -0.478 e. The van der Waals surface area contributed by atoms with Gasteiger partial charge in [0.15, 0.2) is 0 Å². The Morgan fingerprint density at radius 1 is 0.964 bits per heavy atom. The molecule has 4 rings (SSSR count). The number of nitrogens with zero attached hydrogens (tertiary/aromatic N) is 1. The Morgan fingerprint density at radius 2 is 1.75 bits per heavy atom. The van der Waals surface area contributed by atoms with E-state index in [2.05, 4.69) is 15.0 Å². The minimum absolute atomic E-state index is 0.0589. The average molecular weight is 392 g/mol. The molecule has 0 saturated carbocycles. The van der Waals surface area contributed by atoms with Crippen molar-refractivity contribution in [3.8, 4) is 33.9 Å². The number of aromatic carboxylic acids is 1. The number of carbonyl (C=O) groups is 1. The summed E-state index contributed by atoms with van der Waals surface area (Å²) in [7, 11) is 0. The highest BCUT2D eigenvalue weighted by Crippen LogP contribution is 2.34. The van der Waals surface area contributed by atoms with Crippen molar-refractivity contribution < 1.29 is 9.90 Å². The van der Waals surface area contributed by atoms with Crippen LogP contribution < -0.4 is 5.56 Å². The van der Waals surface area contributed by atoms with Crippen LogP contribution in [0.3, 0.4) is 0 Å². The van der Waals surface area contributed by atoms with Gasteiger partial charge in [-0.05, 0) is 24.3 Å². The van der Waals surface area contributed by atoms with Crippen LogP contribution in [0, 0.1) is 0 Å². The second-order valence-corrected chi connectivity index (χ2v) is 6.59. The molecule has 2 heterocycles. The summed E-state index contributed by atoms with van der Waals surface area (Å²) in [5.74, 6) is -0.483. The lowest BCUT2D eigenvalue weighted by Gasteiger charge is -2.05. The van der Waals surface area contributed by atoms with Crippen LogP contribution >= 0.6 is 11.6 Å². The van der Waals surface area contributed by atoms with Gasteiger partial charge in [0.1, 0.15) is 5.82 Å². The molecule has 0 saturated heterocycles. The van der Waals surface area contributed by atoms with Crippen molar-refractivity contribution in [3.05, 3.63) is 87.8 Å². The molecule has 0 amide bonds. The van der Waals surface area contributed by atoms with Gasteiger partial charge in [0.25, 0.3) is 0 Å². The van der Waals surface area contributed by atoms with Gasteiger partial charge < -0.3 is 15.1 Å². The number of carboxylic acids is 1. The lowest BCUT2D eigenvalue weighted by atomic mass is 10.0. The molecule has 0 unspecified atom stereocenters. The Bertz CT molecular complexity index is 1230. The van der Waals surface area contributed by atoms with Crippen LogP contribution in [0.2, 0.25) is 5.02 Å². The van der Waals surface area contributed by atoms with Crippen molar-refractivity contribution in [2.45, 2.75) is 0 Å². The lowest BCUT2D eigenvalue weighted by Crippen LogP contribution is -2.02. The molecular formula is C21H14ClN3O3. The van der Waals surface area contributed by atoms with Crippen LogP contribution in [0.4, 0.5) is 0 Å². The summed E-state index contributed by atoms with van der Waals surface area (Å²) in [5, 5.41) is 9.64. The predicted octanol–water partition coefficient (Wildman–Crippen LogP) is 4.45. The highest BCUT2D eigenvalue weighted by atomic mass is 35.5. The fourth-order valence-electron chi connectivity index (χ4n) is 2.97. The number of hydrogen-bond acceptors (Lipinski definition) is 3. The van der Waals surface area contributed by atoms with Gasteiger partial charge in [-0.2, -0.15) is 0 Å². The standard InChI is InChI=1S/C21H14ClN3O3/c22-16-9-14(8-15(10-16)21(27)28)19-18(13-6-7-23-17(26)11-13)24-20(25-19)12-4-2-1-3-5-12/h1-11H,(H,23,26)(H,24,25)(H,27,28). The van der Waals surface area contributed by atoms with E-state index >= 15 is 0 Å². The molecule has 0 aliphatic heterocycles.